The van der Waals surface area contributed by atoms with E-state index in [1.165, 1.54) is 0 Å². The predicted molar refractivity (Wildman–Crippen MR) is 72.6 cm³/mol. The lowest BCUT2D eigenvalue weighted by atomic mass is 9.82. The summed E-state index contributed by atoms with van der Waals surface area (Å²) in [6.07, 6.45) is -0.410. The molecule has 1 unspecified atom stereocenters. The van der Waals surface area contributed by atoms with Crippen molar-refractivity contribution in [2.75, 3.05) is 20.5 Å². The van der Waals surface area contributed by atoms with Crippen molar-refractivity contribution in [1.29, 1.82) is 0 Å². The molecule has 1 aromatic rings. The van der Waals surface area contributed by atoms with Gasteiger partial charge in [-0.1, -0.05) is 30.3 Å². The van der Waals surface area contributed by atoms with Crippen LogP contribution in [0.2, 0.25) is 0 Å². The molecule has 106 valence electrons. The first kappa shape index (κ1) is 15.7. The van der Waals surface area contributed by atoms with Gasteiger partial charge < -0.3 is 14.2 Å². The van der Waals surface area contributed by atoms with Crippen molar-refractivity contribution in [3.05, 3.63) is 35.9 Å². The standard InChI is InChI=1S/C15H22O4/c1-5-18-14(16)15(2,3)13(19-11-17-4)12-9-7-6-8-10-12/h6-10,13H,5,11H2,1-4H3. The summed E-state index contributed by atoms with van der Waals surface area (Å²) in [5.41, 5.74) is 0.146. The van der Waals surface area contributed by atoms with Crippen LogP contribution >= 0.6 is 0 Å². The van der Waals surface area contributed by atoms with Crippen LogP contribution in [0.1, 0.15) is 32.4 Å². The summed E-state index contributed by atoms with van der Waals surface area (Å²) in [4.78, 5) is 12.1. The van der Waals surface area contributed by atoms with Crippen LogP contribution < -0.4 is 0 Å². The summed E-state index contributed by atoms with van der Waals surface area (Å²) < 4.78 is 15.8. The fourth-order valence-corrected chi connectivity index (χ4v) is 1.91. The average molecular weight is 266 g/mol. The fraction of sp³-hybridized carbons (Fsp3) is 0.533. The highest BCUT2D eigenvalue weighted by molar-refractivity contribution is 5.77. The normalized spacial score (nSPS) is 13.1. The van der Waals surface area contributed by atoms with Crippen molar-refractivity contribution in [3.63, 3.8) is 0 Å². The van der Waals surface area contributed by atoms with Crippen molar-refractivity contribution in [2.45, 2.75) is 26.9 Å². The second kappa shape index (κ2) is 7.26. The van der Waals surface area contributed by atoms with Gasteiger partial charge in [-0.3, -0.25) is 4.79 Å². The maximum Gasteiger partial charge on any atom is 0.314 e. The summed E-state index contributed by atoms with van der Waals surface area (Å²) >= 11 is 0. The number of carbonyl (C=O) groups excluding carboxylic acids is 1. The molecule has 0 radical (unpaired) electrons. The molecule has 0 bridgehead atoms. The van der Waals surface area contributed by atoms with Gasteiger partial charge in [0.2, 0.25) is 0 Å². The highest BCUT2D eigenvalue weighted by Gasteiger charge is 2.40. The SMILES string of the molecule is CCOC(=O)C(C)(C)C(OCOC)c1ccccc1. The predicted octanol–water partition coefficient (Wildman–Crippen LogP) is 2.94. The molecule has 0 N–H and O–H groups in total. The minimum Gasteiger partial charge on any atom is -0.465 e. The van der Waals surface area contributed by atoms with E-state index in [-0.39, 0.29) is 12.8 Å². The van der Waals surface area contributed by atoms with E-state index in [0.717, 1.165) is 5.56 Å². The van der Waals surface area contributed by atoms with Crippen LogP contribution in [0.15, 0.2) is 30.3 Å². The maximum absolute atomic E-state index is 12.1. The lowest BCUT2D eigenvalue weighted by Gasteiger charge is -2.32. The maximum atomic E-state index is 12.1. The molecule has 0 amide bonds. The van der Waals surface area contributed by atoms with Crippen molar-refractivity contribution >= 4 is 5.97 Å². The Labute approximate surface area is 114 Å². The molecule has 1 rings (SSSR count). The van der Waals surface area contributed by atoms with Crippen LogP contribution in [0.25, 0.3) is 0 Å². The first-order valence-corrected chi connectivity index (χ1v) is 6.36. The van der Waals surface area contributed by atoms with Gasteiger partial charge in [0.25, 0.3) is 0 Å². The van der Waals surface area contributed by atoms with Gasteiger partial charge in [-0.2, -0.15) is 0 Å². The van der Waals surface area contributed by atoms with Gasteiger partial charge in [0.1, 0.15) is 12.9 Å². The monoisotopic (exact) mass is 266 g/mol. The minimum atomic E-state index is -0.782. The van der Waals surface area contributed by atoms with Crippen LogP contribution in [0.3, 0.4) is 0 Å². The molecular formula is C15H22O4. The Kier molecular flexibility index (Phi) is 5.99. The average Bonchev–Trinajstić information content (AvgIpc) is 2.40. The second-order valence-corrected chi connectivity index (χ2v) is 4.81. The van der Waals surface area contributed by atoms with Gasteiger partial charge in [-0.05, 0) is 26.3 Å². The van der Waals surface area contributed by atoms with Crippen molar-refractivity contribution in [2.24, 2.45) is 5.41 Å². The van der Waals surface area contributed by atoms with Crippen LogP contribution in [-0.4, -0.2) is 26.5 Å². The van der Waals surface area contributed by atoms with Gasteiger partial charge >= 0.3 is 5.97 Å². The Hall–Kier alpha value is -1.39. The van der Waals surface area contributed by atoms with Crippen LogP contribution in [0, 0.1) is 5.41 Å². The number of ether oxygens (including phenoxy) is 3. The molecule has 0 saturated carbocycles. The summed E-state index contributed by atoms with van der Waals surface area (Å²) in [6.45, 7) is 5.91. The number of rotatable bonds is 7. The van der Waals surface area contributed by atoms with E-state index in [1.807, 2.05) is 44.2 Å². The quantitative estimate of drug-likeness (QED) is 0.562. The first-order chi connectivity index (χ1) is 9.04. The largest absolute Gasteiger partial charge is 0.465 e. The van der Waals surface area contributed by atoms with E-state index in [9.17, 15) is 4.79 Å². The molecule has 4 heteroatoms. The lowest BCUT2D eigenvalue weighted by molar-refractivity contribution is -0.171. The van der Waals surface area contributed by atoms with E-state index in [4.69, 9.17) is 14.2 Å². The van der Waals surface area contributed by atoms with E-state index in [1.54, 1.807) is 14.0 Å². The molecule has 19 heavy (non-hydrogen) atoms. The highest BCUT2D eigenvalue weighted by atomic mass is 16.7. The molecule has 0 heterocycles. The van der Waals surface area contributed by atoms with E-state index < -0.39 is 11.5 Å². The van der Waals surface area contributed by atoms with Gasteiger partial charge in [-0.25, -0.2) is 0 Å². The minimum absolute atomic E-state index is 0.127. The van der Waals surface area contributed by atoms with E-state index in [2.05, 4.69) is 0 Å². The van der Waals surface area contributed by atoms with Crippen LogP contribution in [-0.2, 0) is 19.0 Å². The first-order valence-electron chi connectivity index (χ1n) is 6.36. The Morgan fingerprint density at radius 3 is 2.42 bits per heavy atom. The number of benzene rings is 1. The smallest absolute Gasteiger partial charge is 0.314 e. The molecule has 1 aromatic carbocycles. The second-order valence-electron chi connectivity index (χ2n) is 4.81. The molecule has 4 nitrogen and oxygen atoms in total. The Morgan fingerprint density at radius 2 is 1.89 bits per heavy atom. The van der Waals surface area contributed by atoms with Crippen LogP contribution in [0.5, 0.6) is 0 Å². The molecule has 0 aliphatic carbocycles. The van der Waals surface area contributed by atoms with Gasteiger partial charge in [0.15, 0.2) is 0 Å². The topological polar surface area (TPSA) is 44.8 Å². The van der Waals surface area contributed by atoms with Gasteiger partial charge in [0, 0.05) is 7.11 Å². The number of esters is 1. The molecule has 0 spiro atoms. The molecular weight excluding hydrogens is 244 g/mol. The molecule has 0 fully saturated rings. The molecule has 0 saturated heterocycles. The summed E-state index contributed by atoms with van der Waals surface area (Å²) in [5.74, 6) is -0.278. The Bertz CT molecular complexity index is 386. The summed E-state index contributed by atoms with van der Waals surface area (Å²) in [6, 6.07) is 9.62. The molecule has 0 aliphatic heterocycles. The third-order valence-electron chi connectivity index (χ3n) is 2.91. The lowest BCUT2D eigenvalue weighted by Crippen LogP contribution is -2.35. The third-order valence-corrected chi connectivity index (χ3v) is 2.91. The van der Waals surface area contributed by atoms with Crippen molar-refractivity contribution in [3.8, 4) is 0 Å². The number of carbonyl (C=O) groups is 1. The number of hydrogen-bond donors (Lipinski definition) is 0. The molecule has 0 aliphatic rings. The van der Waals surface area contributed by atoms with Gasteiger partial charge in [-0.15, -0.1) is 0 Å². The number of hydrogen-bond acceptors (Lipinski definition) is 4. The molecule has 1 atom stereocenters. The third kappa shape index (κ3) is 4.04. The van der Waals surface area contributed by atoms with E-state index >= 15 is 0 Å². The van der Waals surface area contributed by atoms with Crippen LogP contribution in [0.4, 0.5) is 0 Å². The van der Waals surface area contributed by atoms with Crippen molar-refractivity contribution in [1.82, 2.24) is 0 Å². The Balaban J connectivity index is 2.99. The highest BCUT2D eigenvalue weighted by Crippen LogP contribution is 2.37. The van der Waals surface area contributed by atoms with Gasteiger partial charge in [0.05, 0.1) is 12.0 Å². The Morgan fingerprint density at radius 1 is 1.26 bits per heavy atom. The number of methoxy groups -OCH3 is 1. The fourth-order valence-electron chi connectivity index (χ4n) is 1.91. The zero-order valence-electron chi connectivity index (χ0n) is 12.0. The zero-order valence-corrected chi connectivity index (χ0v) is 12.0. The molecule has 0 aromatic heterocycles. The zero-order chi connectivity index (χ0) is 14.3. The summed E-state index contributed by atoms with van der Waals surface area (Å²) in [7, 11) is 1.55. The van der Waals surface area contributed by atoms with E-state index in [0.29, 0.717) is 6.61 Å². The van der Waals surface area contributed by atoms with Crippen molar-refractivity contribution < 1.29 is 19.0 Å². The summed E-state index contributed by atoms with van der Waals surface area (Å²) in [5, 5.41) is 0.